The van der Waals surface area contributed by atoms with E-state index in [4.69, 9.17) is 0 Å². The van der Waals surface area contributed by atoms with E-state index in [2.05, 4.69) is 29.2 Å². The predicted octanol–water partition coefficient (Wildman–Crippen LogP) is 4.76. The van der Waals surface area contributed by atoms with E-state index in [1.54, 1.807) is 23.1 Å². The molecule has 0 radical (unpaired) electrons. The third-order valence-electron chi connectivity index (χ3n) is 4.25. The lowest BCUT2D eigenvalue weighted by Gasteiger charge is -2.22. The van der Waals surface area contributed by atoms with Gasteiger partial charge in [-0.25, -0.2) is 4.98 Å². The predicted molar refractivity (Wildman–Crippen MR) is 102 cm³/mol. The van der Waals surface area contributed by atoms with Crippen molar-refractivity contribution in [3.8, 4) is 0 Å². The molecule has 0 spiro atoms. The minimum absolute atomic E-state index is 0.175. The summed E-state index contributed by atoms with van der Waals surface area (Å²) < 4.78 is 2.14. The second kappa shape index (κ2) is 6.95. The highest BCUT2D eigenvalue weighted by Gasteiger charge is 2.21. The lowest BCUT2D eigenvalue weighted by molar-refractivity contribution is -0.116. The van der Waals surface area contributed by atoms with E-state index in [0.717, 1.165) is 41.4 Å². The van der Waals surface area contributed by atoms with Crippen LogP contribution in [0.1, 0.15) is 18.4 Å². The first-order valence-electron chi connectivity index (χ1n) is 8.18. The van der Waals surface area contributed by atoms with Crippen molar-refractivity contribution in [3.05, 3.63) is 54.1 Å². The van der Waals surface area contributed by atoms with E-state index in [9.17, 15) is 4.79 Å². The van der Waals surface area contributed by atoms with E-state index < -0.39 is 0 Å². The Hall–Kier alpha value is -1.85. The highest BCUT2D eigenvalue weighted by molar-refractivity contribution is 8.01. The van der Waals surface area contributed by atoms with Gasteiger partial charge >= 0.3 is 0 Å². The molecule has 0 bridgehead atoms. The molecule has 1 aliphatic heterocycles. The minimum Gasteiger partial charge on any atom is -0.311 e. The quantitative estimate of drug-likeness (QED) is 0.636. The molecule has 24 heavy (non-hydrogen) atoms. The summed E-state index contributed by atoms with van der Waals surface area (Å²) in [5.41, 5.74) is 3.39. The van der Waals surface area contributed by atoms with Crippen molar-refractivity contribution in [3.63, 3.8) is 0 Å². The molecule has 0 unspecified atom stereocenters. The minimum atomic E-state index is 0.175. The number of thioether (sulfide) groups is 1. The van der Waals surface area contributed by atoms with Gasteiger partial charge in [0, 0.05) is 12.2 Å². The van der Waals surface area contributed by atoms with Crippen LogP contribution in [0, 0.1) is 0 Å². The Morgan fingerprint density at radius 3 is 2.88 bits per heavy atom. The molecule has 122 valence electrons. The molecule has 0 saturated heterocycles. The molecule has 1 aromatic heterocycles. The fourth-order valence-corrected chi connectivity index (χ4v) is 5.01. The van der Waals surface area contributed by atoms with Crippen LogP contribution in [0.25, 0.3) is 10.2 Å². The first kappa shape index (κ1) is 15.7. The van der Waals surface area contributed by atoms with Gasteiger partial charge < -0.3 is 4.90 Å². The molecule has 0 fully saturated rings. The highest BCUT2D eigenvalue weighted by Crippen LogP contribution is 2.31. The zero-order valence-electron chi connectivity index (χ0n) is 13.3. The van der Waals surface area contributed by atoms with Crippen LogP contribution < -0.4 is 4.90 Å². The van der Waals surface area contributed by atoms with E-state index in [1.807, 2.05) is 29.2 Å². The summed E-state index contributed by atoms with van der Waals surface area (Å²) in [4.78, 5) is 19.3. The van der Waals surface area contributed by atoms with Gasteiger partial charge in [0.15, 0.2) is 4.34 Å². The smallest absolute Gasteiger partial charge is 0.237 e. The van der Waals surface area contributed by atoms with Crippen LogP contribution in [0.4, 0.5) is 5.69 Å². The number of fused-ring (bicyclic) bond motifs is 2. The fourth-order valence-electron chi connectivity index (χ4n) is 3.06. The molecule has 0 saturated carbocycles. The number of hydrogen-bond acceptors (Lipinski definition) is 4. The molecule has 5 heteroatoms. The van der Waals surface area contributed by atoms with Crippen LogP contribution >= 0.6 is 23.1 Å². The van der Waals surface area contributed by atoms with Gasteiger partial charge in [0.25, 0.3) is 0 Å². The molecule has 1 aliphatic rings. The molecule has 2 heterocycles. The summed E-state index contributed by atoms with van der Waals surface area (Å²) in [6, 6.07) is 16.4. The molecule has 1 amide bonds. The molecule has 2 aromatic carbocycles. The topological polar surface area (TPSA) is 33.2 Å². The molecule has 4 rings (SSSR count). The number of rotatable bonds is 3. The largest absolute Gasteiger partial charge is 0.311 e. The van der Waals surface area contributed by atoms with E-state index in [-0.39, 0.29) is 5.91 Å². The van der Waals surface area contributed by atoms with Gasteiger partial charge in [-0.05, 0) is 43.0 Å². The van der Waals surface area contributed by atoms with Gasteiger partial charge in [0.1, 0.15) is 0 Å². The zero-order valence-corrected chi connectivity index (χ0v) is 14.9. The lowest BCUT2D eigenvalue weighted by Crippen LogP contribution is -2.33. The Balaban J connectivity index is 1.49. The Labute approximate surface area is 149 Å². The van der Waals surface area contributed by atoms with E-state index in [1.165, 1.54) is 10.3 Å². The third kappa shape index (κ3) is 3.19. The normalized spacial score (nSPS) is 14.4. The summed E-state index contributed by atoms with van der Waals surface area (Å²) in [5, 5.41) is 0. The van der Waals surface area contributed by atoms with Crippen molar-refractivity contribution < 1.29 is 4.79 Å². The Bertz CT molecular complexity index is 841. The number of thiazole rings is 1. The van der Waals surface area contributed by atoms with E-state index >= 15 is 0 Å². The average Bonchev–Trinajstić information content (AvgIpc) is 2.91. The van der Waals surface area contributed by atoms with Crippen LogP contribution in [-0.4, -0.2) is 23.2 Å². The standard InChI is InChI=1S/C19H18N2OS2/c22-18(13-23-19-20-15-9-2-4-11-17(15)24-19)21-12-6-5-8-14-7-1-3-10-16(14)21/h1-4,7,9-11H,5-6,8,12-13H2. The number of aromatic nitrogens is 1. The van der Waals surface area contributed by atoms with Crippen molar-refractivity contribution in [2.45, 2.75) is 23.6 Å². The summed E-state index contributed by atoms with van der Waals surface area (Å²) in [6.45, 7) is 0.816. The maximum absolute atomic E-state index is 12.8. The van der Waals surface area contributed by atoms with Crippen LogP contribution in [0.3, 0.4) is 0 Å². The van der Waals surface area contributed by atoms with Crippen molar-refractivity contribution >= 4 is 44.9 Å². The van der Waals surface area contributed by atoms with Crippen molar-refractivity contribution in [1.82, 2.24) is 4.98 Å². The fraction of sp³-hybridized carbons (Fsp3) is 0.263. The second-order valence-corrected chi connectivity index (χ2v) is 8.12. The summed E-state index contributed by atoms with van der Waals surface area (Å²) in [6.07, 6.45) is 3.27. The molecular weight excluding hydrogens is 336 g/mol. The van der Waals surface area contributed by atoms with Crippen LogP contribution in [-0.2, 0) is 11.2 Å². The monoisotopic (exact) mass is 354 g/mol. The van der Waals surface area contributed by atoms with Crippen LogP contribution in [0.5, 0.6) is 0 Å². The van der Waals surface area contributed by atoms with Crippen LogP contribution in [0.15, 0.2) is 52.9 Å². The molecule has 0 atom stereocenters. The van der Waals surface area contributed by atoms with Gasteiger partial charge in [0.2, 0.25) is 5.91 Å². The molecule has 3 nitrogen and oxygen atoms in total. The Morgan fingerprint density at radius 1 is 1.12 bits per heavy atom. The van der Waals surface area contributed by atoms with Crippen molar-refractivity contribution in [1.29, 1.82) is 0 Å². The highest BCUT2D eigenvalue weighted by atomic mass is 32.2. The number of aryl methyl sites for hydroxylation is 1. The number of carbonyl (C=O) groups is 1. The van der Waals surface area contributed by atoms with Gasteiger partial charge in [-0.3, -0.25) is 4.79 Å². The summed E-state index contributed by atoms with van der Waals surface area (Å²) >= 11 is 3.20. The number of hydrogen-bond donors (Lipinski definition) is 0. The summed E-state index contributed by atoms with van der Waals surface area (Å²) in [7, 11) is 0. The molecule has 0 aliphatic carbocycles. The maximum Gasteiger partial charge on any atom is 0.237 e. The number of anilines is 1. The van der Waals surface area contributed by atoms with E-state index in [0.29, 0.717) is 5.75 Å². The first-order valence-corrected chi connectivity index (χ1v) is 9.98. The van der Waals surface area contributed by atoms with Crippen molar-refractivity contribution in [2.75, 3.05) is 17.2 Å². The molecule has 3 aromatic rings. The number of carbonyl (C=O) groups excluding carboxylic acids is 1. The molecule has 0 N–H and O–H groups in total. The third-order valence-corrected chi connectivity index (χ3v) is 6.42. The Morgan fingerprint density at radius 2 is 1.96 bits per heavy atom. The van der Waals surface area contributed by atoms with Gasteiger partial charge in [0.05, 0.1) is 16.0 Å². The van der Waals surface area contributed by atoms with Crippen molar-refractivity contribution in [2.24, 2.45) is 0 Å². The number of nitrogens with zero attached hydrogens (tertiary/aromatic N) is 2. The van der Waals surface area contributed by atoms with Crippen LogP contribution in [0.2, 0.25) is 0 Å². The Kier molecular flexibility index (Phi) is 4.54. The second-order valence-electron chi connectivity index (χ2n) is 5.87. The SMILES string of the molecule is O=C(CSc1nc2ccccc2s1)N1CCCCc2ccccc21. The summed E-state index contributed by atoms with van der Waals surface area (Å²) in [5.74, 6) is 0.613. The first-order chi connectivity index (χ1) is 11.8. The number of amides is 1. The number of benzene rings is 2. The molecular formula is C19H18N2OS2. The average molecular weight is 355 g/mol. The van der Waals surface area contributed by atoms with Gasteiger partial charge in [-0.1, -0.05) is 42.1 Å². The lowest BCUT2D eigenvalue weighted by atomic mass is 10.1. The van der Waals surface area contributed by atoms with Gasteiger partial charge in [-0.2, -0.15) is 0 Å². The van der Waals surface area contributed by atoms with Gasteiger partial charge in [-0.15, -0.1) is 11.3 Å². The zero-order chi connectivity index (χ0) is 16.4. The maximum atomic E-state index is 12.8. The number of para-hydroxylation sites is 2.